The summed E-state index contributed by atoms with van der Waals surface area (Å²) in [6.07, 6.45) is 1.85. The number of piperazine rings is 1. The molecule has 4 aromatic rings. The van der Waals surface area contributed by atoms with Gasteiger partial charge in [-0.3, -0.25) is 14.3 Å². The SMILES string of the molecule is CCOC#Cc1cc2cnc(Nc3ccc(N4CCNCC4)c(C(F)(F)F)c3)nc2n(Cc2ncccc2CC)c1=O. The zero-order chi connectivity index (χ0) is 29.7. The molecule has 4 heterocycles. The quantitative estimate of drug-likeness (QED) is 0.314. The Morgan fingerprint density at radius 1 is 1.12 bits per heavy atom. The van der Waals surface area contributed by atoms with Crippen LogP contribution in [0.5, 0.6) is 0 Å². The lowest BCUT2D eigenvalue weighted by molar-refractivity contribution is -0.137. The zero-order valence-electron chi connectivity index (χ0n) is 23.3. The highest BCUT2D eigenvalue weighted by Gasteiger charge is 2.35. The van der Waals surface area contributed by atoms with Gasteiger partial charge in [0.05, 0.1) is 30.0 Å². The molecule has 0 atom stereocenters. The molecular formula is C30H30F3N7O2. The first-order valence-electron chi connectivity index (χ1n) is 13.7. The van der Waals surface area contributed by atoms with Crippen molar-refractivity contribution in [3.63, 3.8) is 0 Å². The Labute approximate surface area is 240 Å². The molecule has 0 amide bonds. The molecule has 1 aliphatic heterocycles. The minimum absolute atomic E-state index is 0.0450. The summed E-state index contributed by atoms with van der Waals surface area (Å²) >= 11 is 0. The minimum Gasteiger partial charge on any atom is -0.447 e. The summed E-state index contributed by atoms with van der Waals surface area (Å²) in [5.41, 5.74) is 1.33. The molecule has 42 heavy (non-hydrogen) atoms. The number of alkyl halides is 3. The molecule has 0 spiro atoms. The van der Waals surface area contributed by atoms with Gasteiger partial charge in [0.1, 0.15) is 11.8 Å². The van der Waals surface area contributed by atoms with Gasteiger partial charge in [0.15, 0.2) is 0 Å². The number of aryl methyl sites for hydroxylation is 1. The third kappa shape index (κ3) is 6.31. The highest BCUT2D eigenvalue weighted by atomic mass is 19.4. The lowest BCUT2D eigenvalue weighted by Crippen LogP contribution is -2.44. The zero-order valence-corrected chi connectivity index (χ0v) is 23.3. The van der Waals surface area contributed by atoms with Crippen LogP contribution in [0.1, 0.15) is 36.2 Å². The van der Waals surface area contributed by atoms with Crippen molar-refractivity contribution in [2.24, 2.45) is 0 Å². The van der Waals surface area contributed by atoms with Gasteiger partial charge in [0.25, 0.3) is 5.56 Å². The van der Waals surface area contributed by atoms with Gasteiger partial charge in [-0.2, -0.15) is 18.2 Å². The lowest BCUT2D eigenvalue weighted by Gasteiger charge is -2.31. The molecule has 0 bridgehead atoms. The molecule has 1 fully saturated rings. The number of benzene rings is 1. The third-order valence-electron chi connectivity index (χ3n) is 6.92. The number of ether oxygens (including phenoxy) is 1. The Hall–Kier alpha value is -4.63. The van der Waals surface area contributed by atoms with E-state index >= 15 is 0 Å². The standard InChI is InChI=1S/C30H30F3N7O2/c1-3-20-6-5-10-35-25(20)19-40-27-22(16-21(28(40)41)9-15-42-4-2)18-36-29(38-27)37-23-7-8-26(24(17-23)30(31,32)33)39-13-11-34-12-14-39/h5-8,10,16-18,34H,3-4,11-14,19H2,1-2H3,(H,36,37,38). The molecule has 0 saturated carbocycles. The Kier molecular flexibility index (Phi) is 8.59. The predicted molar refractivity (Wildman–Crippen MR) is 155 cm³/mol. The van der Waals surface area contributed by atoms with Crippen LogP contribution < -0.4 is 21.1 Å². The first kappa shape index (κ1) is 28.9. The minimum atomic E-state index is -4.55. The van der Waals surface area contributed by atoms with Crippen molar-refractivity contribution >= 4 is 28.4 Å². The summed E-state index contributed by atoms with van der Waals surface area (Å²) in [5.74, 6) is 2.80. The average Bonchev–Trinajstić information content (AvgIpc) is 2.99. The molecule has 12 heteroatoms. The molecule has 9 nitrogen and oxygen atoms in total. The number of halogens is 3. The molecule has 0 radical (unpaired) electrons. The van der Waals surface area contributed by atoms with Gasteiger partial charge in [0.2, 0.25) is 5.95 Å². The first-order chi connectivity index (χ1) is 20.3. The van der Waals surface area contributed by atoms with Gasteiger partial charge in [0, 0.05) is 55.3 Å². The fourth-order valence-electron chi connectivity index (χ4n) is 4.86. The van der Waals surface area contributed by atoms with Crippen LogP contribution in [0.25, 0.3) is 11.0 Å². The molecule has 218 valence electrons. The van der Waals surface area contributed by atoms with Crippen LogP contribution in [0.2, 0.25) is 0 Å². The van der Waals surface area contributed by atoms with Crippen LogP contribution in [0.15, 0.2) is 53.6 Å². The van der Waals surface area contributed by atoms with E-state index in [1.807, 2.05) is 19.1 Å². The number of nitrogens with zero attached hydrogens (tertiary/aromatic N) is 5. The fourth-order valence-corrected chi connectivity index (χ4v) is 4.86. The van der Waals surface area contributed by atoms with Crippen molar-refractivity contribution in [2.75, 3.05) is 43.0 Å². The van der Waals surface area contributed by atoms with E-state index in [4.69, 9.17) is 4.74 Å². The molecule has 0 aliphatic carbocycles. The maximum absolute atomic E-state index is 14.1. The van der Waals surface area contributed by atoms with E-state index in [0.717, 1.165) is 11.6 Å². The van der Waals surface area contributed by atoms with Crippen LogP contribution in [0.4, 0.5) is 30.5 Å². The van der Waals surface area contributed by atoms with Crippen molar-refractivity contribution in [1.82, 2.24) is 24.8 Å². The number of nitrogens with one attached hydrogen (secondary N) is 2. The second-order valence-electron chi connectivity index (χ2n) is 9.64. The molecule has 0 unspecified atom stereocenters. The molecule has 1 aromatic carbocycles. The highest BCUT2D eigenvalue weighted by molar-refractivity contribution is 5.78. The van der Waals surface area contributed by atoms with E-state index < -0.39 is 17.3 Å². The van der Waals surface area contributed by atoms with Gasteiger partial charge < -0.3 is 20.3 Å². The van der Waals surface area contributed by atoms with Crippen molar-refractivity contribution < 1.29 is 17.9 Å². The molecule has 1 aliphatic rings. The molecular weight excluding hydrogens is 547 g/mol. The second kappa shape index (κ2) is 12.5. The van der Waals surface area contributed by atoms with Gasteiger partial charge in [-0.05, 0) is 55.2 Å². The first-order valence-corrected chi connectivity index (χ1v) is 13.7. The van der Waals surface area contributed by atoms with Crippen LogP contribution in [-0.4, -0.2) is 52.3 Å². The number of rotatable bonds is 7. The summed E-state index contributed by atoms with van der Waals surface area (Å²) in [6, 6.07) is 9.45. The van der Waals surface area contributed by atoms with Gasteiger partial charge in [-0.15, -0.1) is 0 Å². The maximum atomic E-state index is 14.1. The van der Waals surface area contributed by atoms with E-state index in [-0.39, 0.29) is 29.4 Å². The number of anilines is 3. The van der Waals surface area contributed by atoms with E-state index in [1.165, 1.54) is 16.8 Å². The number of hydrogen-bond acceptors (Lipinski definition) is 8. The van der Waals surface area contributed by atoms with Crippen LogP contribution in [-0.2, 0) is 23.9 Å². The number of pyridine rings is 2. The summed E-state index contributed by atoms with van der Waals surface area (Å²) in [7, 11) is 0. The van der Waals surface area contributed by atoms with Gasteiger partial charge in [-0.25, -0.2) is 4.98 Å². The van der Waals surface area contributed by atoms with Crippen LogP contribution in [0, 0.1) is 12.0 Å². The Balaban J connectivity index is 1.56. The summed E-state index contributed by atoms with van der Waals surface area (Å²) < 4.78 is 48.8. The molecule has 1 saturated heterocycles. The number of fused-ring (bicyclic) bond motifs is 1. The Bertz CT molecular complexity index is 1700. The summed E-state index contributed by atoms with van der Waals surface area (Å²) in [4.78, 5) is 28.6. The molecule has 3 aromatic heterocycles. The molecule has 5 rings (SSSR count). The third-order valence-corrected chi connectivity index (χ3v) is 6.92. The van der Waals surface area contributed by atoms with E-state index in [9.17, 15) is 18.0 Å². The fraction of sp³-hybridized carbons (Fsp3) is 0.333. The smallest absolute Gasteiger partial charge is 0.418 e. The topological polar surface area (TPSA) is 97.2 Å². The van der Waals surface area contributed by atoms with Crippen LogP contribution >= 0.6 is 0 Å². The number of aromatic nitrogens is 4. The highest BCUT2D eigenvalue weighted by Crippen LogP contribution is 2.39. The summed E-state index contributed by atoms with van der Waals surface area (Å²) in [5, 5.41) is 6.58. The number of hydrogen-bond donors (Lipinski definition) is 2. The van der Waals surface area contributed by atoms with Crippen LogP contribution in [0.3, 0.4) is 0 Å². The molecule has 2 N–H and O–H groups in total. The van der Waals surface area contributed by atoms with Crippen molar-refractivity contribution in [3.8, 4) is 12.0 Å². The Morgan fingerprint density at radius 2 is 1.93 bits per heavy atom. The normalized spacial score (nSPS) is 13.5. The van der Waals surface area contributed by atoms with Gasteiger partial charge >= 0.3 is 6.18 Å². The lowest BCUT2D eigenvalue weighted by atomic mass is 10.1. The van der Waals surface area contributed by atoms with E-state index in [1.54, 1.807) is 30.2 Å². The van der Waals surface area contributed by atoms with E-state index in [0.29, 0.717) is 55.9 Å². The van der Waals surface area contributed by atoms with Crippen molar-refractivity contribution in [2.45, 2.75) is 33.0 Å². The second-order valence-corrected chi connectivity index (χ2v) is 9.64. The monoisotopic (exact) mass is 577 g/mol. The largest absolute Gasteiger partial charge is 0.447 e. The van der Waals surface area contributed by atoms with Crippen molar-refractivity contribution in [1.29, 1.82) is 0 Å². The van der Waals surface area contributed by atoms with Crippen molar-refractivity contribution in [3.05, 3.63) is 81.5 Å². The summed E-state index contributed by atoms with van der Waals surface area (Å²) in [6.45, 7) is 6.46. The predicted octanol–water partition coefficient (Wildman–Crippen LogP) is 4.31. The maximum Gasteiger partial charge on any atom is 0.418 e. The van der Waals surface area contributed by atoms with E-state index in [2.05, 4.69) is 37.6 Å². The van der Waals surface area contributed by atoms with Gasteiger partial charge in [-0.1, -0.05) is 13.0 Å². The Morgan fingerprint density at radius 3 is 2.67 bits per heavy atom. The average molecular weight is 578 g/mol.